The average Bonchev–Trinajstić information content (AvgIpc) is 2.49. The number of methoxy groups -OCH3 is 1. The molecule has 0 aliphatic carbocycles. The number of hydrogen-bond acceptors (Lipinski definition) is 4. The Balaban J connectivity index is 2.85. The molecule has 120 valence electrons. The number of carbonyl (C=O) groups is 2. The van der Waals surface area contributed by atoms with Crippen molar-refractivity contribution in [3.8, 4) is 0 Å². The third-order valence-corrected chi connectivity index (χ3v) is 3.47. The van der Waals surface area contributed by atoms with Crippen LogP contribution in [0.3, 0.4) is 0 Å². The van der Waals surface area contributed by atoms with Crippen LogP contribution in [0.1, 0.15) is 20.3 Å². The summed E-state index contributed by atoms with van der Waals surface area (Å²) in [4.78, 5) is 23.7. The van der Waals surface area contributed by atoms with Crippen LogP contribution in [0.15, 0.2) is 29.8 Å². The van der Waals surface area contributed by atoms with Gasteiger partial charge < -0.3 is 9.47 Å². The van der Waals surface area contributed by atoms with Gasteiger partial charge in [-0.2, -0.15) is 0 Å². The van der Waals surface area contributed by atoms with E-state index in [4.69, 9.17) is 27.9 Å². The summed E-state index contributed by atoms with van der Waals surface area (Å²) in [6.45, 7) is 3.61. The highest BCUT2D eigenvalue weighted by molar-refractivity contribution is 6.36. The lowest BCUT2D eigenvalue weighted by molar-refractivity contribution is -0.148. The summed E-state index contributed by atoms with van der Waals surface area (Å²) in [5.74, 6) is -0.646. The van der Waals surface area contributed by atoms with Crippen molar-refractivity contribution < 1.29 is 19.1 Å². The molecule has 1 rings (SSSR count). The van der Waals surface area contributed by atoms with Gasteiger partial charge in [-0.25, -0.2) is 9.59 Å². The minimum atomic E-state index is -1.09. The van der Waals surface area contributed by atoms with E-state index in [1.807, 2.05) is 6.92 Å². The molecule has 1 atom stereocenters. The smallest absolute Gasteiger partial charge is 0.412 e. The number of halogens is 2. The van der Waals surface area contributed by atoms with Crippen molar-refractivity contribution in [1.82, 2.24) is 0 Å². The van der Waals surface area contributed by atoms with E-state index in [1.165, 1.54) is 19.2 Å². The lowest BCUT2D eigenvalue weighted by Gasteiger charge is -2.18. The lowest BCUT2D eigenvalue weighted by atomic mass is 10.1. The third kappa shape index (κ3) is 4.93. The van der Waals surface area contributed by atoms with Crippen molar-refractivity contribution in [2.45, 2.75) is 26.4 Å². The second-order valence-corrected chi connectivity index (χ2v) is 5.12. The number of hydrogen-bond donors (Lipinski definition) is 1. The molecule has 0 aliphatic rings. The molecule has 1 N–H and O–H groups in total. The molecule has 0 saturated carbocycles. The maximum atomic E-state index is 12.0. The van der Waals surface area contributed by atoms with Crippen molar-refractivity contribution in [3.05, 3.63) is 39.9 Å². The van der Waals surface area contributed by atoms with Gasteiger partial charge in [0.15, 0.2) is 0 Å². The first-order valence-electron chi connectivity index (χ1n) is 6.58. The molecular formula is C15H17Cl2NO4. The predicted molar refractivity (Wildman–Crippen MR) is 86.4 cm³/mol. The van der Waals surface area contributed by atoms with Gasteiger partial charge in [-0.3, -0.25) is 5.32 Å². The maximum Gasteiger partial charge on any atom is 0.412 e. The highest BCUT2D eigenvalue weighted by Gasteiger charge is 2.27. The topological polar surface area (TPSA) is 64.6 Å². The molecule has 0 fully saturated rings. The van der Waals surface area contributed by atoms with Crippen LogP contribution in [-0.4, -0.2) is 25.3 Å². The van der Waals surface area contributed by atoms with Crippen LogP contribution >= 0.6 is 23.2 Å². The predicted octanol–water partition coefficient (Wildman–Crippen LogP) is 4.44. The Labute approximate surface area is 139 Å². The van der Waals surface area contributed by atoms with E-state index in [9.17, 15) is 9.59 Å². The molecule has 1 aromatic carbocycles. The van der Waals surface area contributed by atoms with Gasteiger partial charge in [-0.15, -0.1) is 0 Å². The Bertz CT molecular complexity index is 587. The van der Waals surface area contributed by atoms with Gasteiger partial charge >= 0.3 is 12.1 Å². The molecule has 7 heteroatoms. The highest BCUT2D eigenvalue weighted by Crippen LogP contribution is 2.25. The largest absolute Gasteiger partial charge is 0.466 e. The Morgan fingerprint density at radius 1 is 1.36 bits per heavy atom. The summed E-state index contributed by atoms with van der Waals surface area (Å²) in [7, 11) is 1.23. The van der Waals surface area contributed by atoms with Gasteiger partial charge in [0.05, 0.1) is 17.8 Å². The second-order valence-electron chi connectivity index (χ2n) is 4.27. The number of ether oxygens (including phenoxy) is 2. The molecule has 0 radical (unpaired) electrons. The van der Waals surface area contributed by atoms with Crippen LogP contribution < -0.4 is 5.32 Å². The fraction of sp³-hybridized carbons (Fsp3) is 0.333. The van der Waals surface area contributed by atoms with Gasteiger partial charge in [0.1, 0.15) is 0 Å². The molecule has 0 spiro atoms. The first kappa shape index (κ1) is 18.3. The standard InChI is InChI=1S/C15H17Cl2NO4/c1-4-9(5-2)13(14(19)21-3)22-15(20)18-12-7-6-10(16)8-11(12)17/h4,6-8,13H,5H2,1-3H3,(H,18,20). The van der Waals surface area contributed by atoms with E-state index in [2.05, 4.69) is 10.1 Å². The van der Waals surface area contributed by atoms with Crippen LogP contribution in [0, 0.1) is 0 Å². The summed E-state index contributed by atoms with van der Waals surface area (Å²) in [6.07, 6.45) is 0.355. The first-order chi connectivity index (χ1) is 10.4. The molecule has 0 aromatic heterocycles. The summed E-state index contributed by atoms with van der Waals surface area (Å²) in [5, 5.41) is 3.17. The van der Waals surface area contributed by atoms with Crippen molar-refractivity contribution in [3.63, 3.8) is 0 Å². The molecular weight excluding hydrogens is 329 g/mol. The SMILES string of the molecule is CC=C(CC)C(OC(=O)Nc1ccc(Cl)cc1Cl)C(=O)OC. The van der Waals surface area contributed by atoms with E-state index in [0.29, 0.717) is 22.7 Å². The second kappa shape index (κ2) is 8.66. The summed E-state index contributed by atoms with van der Waals surface area (Å²) in [6, 6.07) is 4.60. The quantitative estimate of drug-likeness (QED) is 0.632. The van der Waals surface area contributed by atoms with Crippen molar-refractivity contribution >= 4 is 41.0 Å². The molecule has 1 amide bonds. The molecule has 5 nitrogen and oxygen atoms in total. The number of benzene rings is 1. The molecule has 0 aliphatic heterocycles. The van der Waals surface area contributed by atoms with Crippen LogP contribution in [0.2, 0.25) is 10.0 Å². The molecule has 22 heavy (non-hydrogen) atoms. The van der Waals surface area contributed by atoms with Gasteiger partial charge in [0.25, 0.3) is 0 Å². The number of carbonyl (C=O) groups excluding carboxylic acids is 2. The van der Waals surface area contributed by atoms with Crippen LogP contribution in [0.5, 0.6) is 0 Å². The van der Waals surface area contributed by atoms with Crippen LogP contribution in [-0.2, 0) is 14.3 Å². The van der Waals surface area contributed by atoms with Crippen LogP contribution in [0.25, 0.3) is 0 Å². The molecule has 1 aromatic rings. The number of allylic oxidation sites excluding steroid dienone is 1. The number of nitrogens with one attached hydrogen (secondary N) is 1. The number of anilines is 1. The van der Waals surface area contributed by atoms with E-state index in [0.717, 1.165) is 0 Å². The Kier molecular flexibility index (Phi) is 7.21. The molecule has 0 bridgehead atoms. The number of amides is 1. The van der Waals surface area contributed by atoms with Crippen molar-refractivity contribution in [1.29, 1.82) is 0 Å². The highest BCUT2D eigenvalue weighted by atomic mass is 35.5. The zero-order valence-electron chi connectivity index (χ0n) is 12.5. The Morgan fingerprint density at radius 3 is 2.55 bits per heavy atom. The lowest BCUT2D eigenvalue weighted by Crippen LogP contribution is -2.32. The maximum absolute atomic E-state index is 12.0. The minimum Gasteiger partial charge on any atom is -0.466 e. The van der Waals surface area contributed by atoms with Gasteiger partial charge in [0.2, 0.25) is 6.10 Å². The van der Waals surface area contributed by atoms with E-state index in [1.54, 1.807) is 19.1 Å². The normalized spacial score (nSPS) is 12.5. The number of rotatable bonds is 5. The van der Waals surface area contributed by atoms with E-state index >= 15 is 0 Å². The third-order valence-electron chi connectivity index (χ3n) is 2.92. The first-order valence-corrected chi connectivity index (χ1v) is 7.34. The monoisotopic (exact) mass is 345 g/mol. The summed E-state index contributed by atoms with van der Waals surface area (Å²) < 4.78 is 9.81. The van der Waals surface area contributed by atoms with Crippen molar-refractivity contribution in [2.24, 2.45) is 0 Å². The zero-order chi connectivity index (χ0) is 16.7. The fourth-order valence-electron chi connectivity index (χ4n) is 1.76. The summed E-state index contributed by atoms with van der Waals surface area (Å²) in [5.41, 5.74) is 0.974. The fourth-order valence-corrected chi connectivity index (χ4v) is 2.22. The van der Waals surface area contributed by atoms with E-state index in [-0.39, 0.29) is 5.02 Å². The molecule has 0 saturated heterocycles. The average molecular weight is 346 g/mol. The number of esters is 1. The minimum absolute atomic E-state index is 0.265. The zero-order valence-corrected chi connectivity index (χ0v) is 14.0. The van der Waals surface area contributed by atoms with Crippen molar-refractivity contribution in [2.75, 3.05) is 12.4 Å². The van der Waals surface area contributed by atoms with E-state index < -0.39 is 18.2 Å². The molecule has 0 heterocycles. The Morgan fingerprint density at radius 2 is 2.05 bits per heavy atom. The van der Waals surface area contributed by atoms with Gasteiger partial charge in [-0.05, 0) is 37.1 Å². The van der Waals surface area contributed by atoms with Crippen LogP contribution in [0.4, 0.5) is 10.5 Å². The van der Waals surface area contributed by atoms with Gasteiger partial charge in [0, 0.05) is 5.02 Å². The molecule has 1 unspecified atom stereocenters. The Hall–Kier alpha value is -1.72. The summed E-state index contributed by atoms with van der Waals surface area (Å²) >= 11 is 11.7. The van der Waals surface area contributed by atoms with Gasteiger partial charge in [-0.1, -0.05) is 36.2 Å².